The van der Waals surface area contributed by atoms with Crippen molar-refractivity contribution in [3.8, 4) is 56.2 Å². The Morgan fingerprint density at radius 1 is 0.311 bits per heavy atom. The highest BCUT2D eigenvalue weighted by molar-refractivity contribution is 5.95. The zero-order valence-electron chi connectivity index (χ0n) is 40.5. The van der Waals surface area contributed by atoms with Crippen molar-refractivity contribution in [3.05, 3.63) is 141 Å². The second-order valence-electron chi connectivity index (χ2n) is 24.5. The van der Waals surface area contributed by atoms with Crippen molar-refractivity contribution in [3.63, 3.8) is 0 Å². The standard InChI is InChI=1S/C59H68N2/c1-53(2,3)33-19-21-37-43(29-33)58(15,16)45-31-35(55(7,8)9)27-39(49(37)45)47-25-23-41-51(60-47)52-42(57(41,13)14)24-26-48(61-52)40-28-36(56(10,11)12)32-46-50(40)38-22-20-34(54(4,5)6)30-44(38)59(46,17)18/h19-32H,1-18H3. The predicted octanol–water partition coefficient (Wildman–Crippen LogP) is 15.9. The van der Waals surface area contributed by atoms with E-state index in [9.17, 15) is 0 Å². The van der Waals surface area contributed by atoms with Crippen molar-refractivity contribution in [1.82, 2.24) is 9.97 Å². The third kappa shape index (κ3) is 6.16. The lowest BCUT2D eigenvalue weighted by atomic mass is 9.76. The molecule has 3 aliphatic carbocycles. The van der Waals surface area contributed by atoms with Crippen LogP contribution in [0.5, 0.6) is 0 Å². The average molecular weight is 805 g/mol. The van der Waals surface area contributed by atoms with Crippen LogP contribution in [0.25, 0.3) is 56.2 Å². The van der Waals surface area contributed by atoms with Crippen LogP contribution >= 0.6 is 0 Å². The van der Waals surface area contributed by atoms with Crippen molar-refractivity contribution in [2.75, 3.05) is 0 Å². The summed E-state index contributed by atoms with van der Waals surface area (Å²) >= 11 is 0. The van der Waals surface area contributed by atoms with Gasteiger partial charge in [-0.05, 0) is 124 Å². The van der Waals surface area contributed by atoms with E-state index in [1.807, 2.05) is 0 Å². The Morgan fingerprint density at radius 3 is 0.951 bits per heavy atom. The van der Waals surface area contributed by atoms with Crippen molar-refractivity contribution in [2.24, 2.45) is 0 Å². The number of rotatable bonds is 2. The van der Waals surface area contributed by atoms with Crippen LogP contribution in [-0.2, 0) is 37.9 Å². The molecule has 2 heteroatoms. The summed E-state index contributed by atoms with van der Waals surface area (Å²) in [5.41, 5.74) is 24.8. The molecule has 0 radical (unpaired) electrons. The number of nitrogens with zero attached hydrogens (tertiary/aromatic N) is 2. The largest absolute Gasteiger partial charge is 0.246 e. The fourth-order valence-corrected chi connectivity index (χ4v) is 10.6. The van der Waals surface area contributed by atoms with Gasteiger partial charge < -0.3 is 0 Å². The summed E-state index contributed by atoms with van der Waals surface area (Å²) in [6.45, 7) is 42.2. The smallest absolute Gasteiger partial charge is 0.0937 e. The number of fused-ring (bicyclic) bond motifs is 9. The maximum Gasteiger partial charge on any atom is 0.0937 e. The molecule has 0 saturated heterocycles. The highest BCUT2D eigenvalue weighted by Gasteiger charge is 2.43. The highest BCUT2D eigenvalue weighted by atomic mass is 14.8. The van der Waals surface area contributed by atoms with Gasteiger partial charge in [0.2, 0.25) is 0 Å². The van der Waals surface area contributed by atoms with Crippen LogP contribution in [0.2, 0.25) is 0 Å². The second-order valence-corrected chi connectivity index (χ2v) is 24.5. The van der Waals surface area contributed by atoms with Gasteiger partial charge >= 0.3 is 0 Å². The normalized spacial score (nSPS) is 16.8. The number of hydrogen-bond donors (Lipinski definition) is 0. The molecular weight excluding hydrogens is 737 g/mol. The van der Waals surface area contributed by atoms with E-state index in [2.05, 4.69) is 210 Å². The van der Waals surface area contributed by atoms with Gasteiger partial charge in [0.25, 0.3) is 0 Å². The van der Waals surface area contributed by atoms with E-state index in [1.165, 1.54) is 89.0 Å². The molecule has 2 nitrogen and oxygen atoms in total. The van der Waals surface area contributed by atoms with E-state index in [0.717, 1.165) is 22.8 Å². The van der Waals surface area contributed by atoms with Gasteiger partial charge in [0.1, 0.15) is 0 Å². The Bertz CT molecular complexity index is 2650. The monoisotopic (exact) mass is 805 g/mol. The second kappa shape index (κ2) is 12.6. The molecule has 314 valence electrons. The van der Waals surface area contributed by atoms with Crippen LogP contribution in [0.15, 0.2) is 84.9 Å². The van der Waals surface area contributed by atoms with Crippen LogP contribution in [0.3, 0.4) is 0 Å². The van der Waals surface area contributed by atoms with Crippen LogP contribution in [0.4, 0.5) is 0 Å². The molecule has 0 saturated carbocycles. The Morgan fingerprint density at radius 2 is 0.623 bits per heavy atom. The van der Waals surface area contributed by atoms with Crippen LogP contribution in [-0.4, -0.2) is 9.97 Å². The fourth-order valence-electron chi connectivity index (χ4n) is 10.6. The van der Waals surface area contributed by atoms with Gasteiger partial charge in [-0.2, -0.15) is 0 Å². The SMILES string of the molecule is CC(C)(C)c1ccc2c(c1)C(C)(C)c1cc(C(C)(C)C)cc(-c3ccc4c(n3)-c3nc(-c5cc(C(C)(C)C)cc6c5-c5ccc(C(C)(C)C)cc5C6(C)C)ccc3C4(C)C)c1-2. The van der Waals surface area contributed by atoms with Gasteiger partial charge in [0.15, 0.2) is 0 Å². The minimum absolute atomic E-state index is 0.0314. The lowest BCUT2D eigenvalue weighted by molar-refractivity contribution is 0.579. The van der Waals surface area contributed by atoms with E-state index >= 15 is 0 Å². The molecule has 3 aliphatic rings. The van der Waals surface area contributed by atoms with Crippen molar-refractivity contribution in [2.45, 2.75) is 163 Å². The zero-order chi connectivity index (χ0) is 44.4. The molecular formula is C59H68N2. The molecule has 6 aromatic rings. The number of hydrogen-bond acceptors (Lipinski definition) is 2. The van der Waals surface area contributed by atoms with Crippen molar-refractivity contribution in [1.29, 1.82) is 0 Å². The molecule has 0 aliphatic heterocycles. The van der Waals surface area contributed by atoms with E-state index in [4.69, 9.17) is 9.97 Å². The van der Waals surface area contributed by atoms with E-state index in [0.29, 0.717) is 0 Å². The van der Waals surface area contributed by atoms with E-state index < -0.39 is 0 Å². The van der Waals surface area contributed by atoms with E-state index in [1.54, 1.807) is 0 Å². The Balaban J connectivity index is 1.27. The lowest BCUT2D eigenvalue weighted by Gasteiger charge is -2.27. The summed E-state index contributed by atoms with van der Waals surface area (Å²) in [4.78, 5) is 11.5. The van der Waals surface area contributed by atoms with Crippen LogP contribution < -0.4 is 0 Å². The quantitative estimate of drug-likeness (QED) is 0.174. The summed E-state index contributed by atoms with van der Waals surface area (Å²) in [5.74, 6) is 0. The van der Waals surface area contributed by atoms with Crippen molar-refractivity contribution >= 4 is 0 Å². The number of benzene rings is 4. The predicted molar refractivity (Wildman–Crippen MR) is 260 cm³/mol. The molecule has 61 heavy (non-hydrogen) atoms. The first kappa shape index (κ1) is 41.5. The molecule has 2 aromatic heterocycles. The van der Waals surface area contributed by atoms with Gasteiger partial charge in [-0.3, -0.25) is 0 Å². The molecule has 9 rings (SSSR count). The summed E-state index contributed by atoms with van der Waals surface area (Å²) < 4.78 is 0. The van der Waals surface area contributed by atoms with Gasteiger partial charge in [-0.25, -0.2) is 9.97 Å². The maximum atomic E-state index is 5.73. The Labute approximate surface area is 367 Å². The van der Waals surface area contributed by atoms with Gasteiger partial charge in [0, 0.05) is 27.4 Å². The molecule has 2 heterocycles. The lowest BCUT2D eigenvalue weighted by Crippen LogP contribution is -2.19. The molecule has 0 fully saturated rings. The molecule has 0 bridgehead atoms. The summed E-state index contributed by atoms with van der Waals surface area (Å²) in [6, 6.07) is 33.5. The summed E-state index contributed by atoms with van der Waals surface area (Å²) in [5, 5.41) is 0. The van der Waals surface area contributed by atoms with Crippen LogP contribution in [0.1, 0.15) is 180 Å². The maximum absolute atomic E-state index is 5.73. The van der Waals surface area contributed by atoms with E-state index in [-0.39, 0.29) is 37.9 Å². The first-order valence-electron chi connectivity index (χ1n) is 22.8. The molecule has 0 amide bonds. The van der Waals surface area contributed by atoms with Gasteiger partial charge in [0.05, 0.1) is 22.8 Å². The summed E-state index contributed by atoms with van der Waals surface area (Å²) in [6.07, 6.45) is 0. The number of pyridine rings is 2. The Hall–Kier alpha value is -4.82. The van der Waals surface area contributed by atoms with Gasteiger partial charge in [-0.1, -0.05) is 185 Å². The van der Waals surface area contributed by atoms with Crippen molar-refractivity contribution < 1.29 is 0 Å². The molecule has 0 spiro atoms. The molecule has 4 aromatic carbocycles. The first-order chi connectivity index (χ1) is 28.0. The zero-order valence-corrected chi connectivity index (χ0v) is 40.5. The average Bonchev–Trinajstić information content (AvgIpc) is 3.64. The van der Waals surface area contributed by atoms with Gasteiger partial charge in [-0.15, -0.1) is 0 Å². The highest BCUT2D eigenvalue weighted by Crippen LogP contribution is 2.57. The molecule has 0 atom stereocenters. The third-order valence-electron chi connectivity index (χ3n) is 14.9. The topological polar surface area (TPSA) is 25.8 Å². The first-order valence-corrected chi connectivity index (χ1v) is 22.8. The minimum atomic E-state index is -0.234. The van der Waals surface area contributed by atoms with Crippen LogP contribution in [0, 0.1) is 0 Å². The Kier molecular flexibility index (Phi) is 8.61. The molecule has 0 N–H and O–H groups in total. The fraction of sp³-hybridized carbons (Fsp3) is 0.424. The third-order valence-corrected chi connectivity index (χ3v) is 14.9. The summed E-state index contributed by atoms with van der Waals surface area (Å²) in [7, 11) is 0. The molecule has 0 unspecified atom stereocenters. The number of aromatic nitrogens is 2. The minimum Gasteiger partial charge on any atom is -0.246 e.